The molecule has 0 aliphatic heterocycles. The van der Waals surface area contributed by atoms with Gasteiger partial charge in [-0.3, -0.25) is 9.10 Å². The Hall–Kier alpha value is -4.37. The molecule has 4 aromatic rings. The van der Waals surface area contributed by atoms with Gasteiger partial charge in [0.25, 0.3) is 10.0 Å². The van der Waals surface area contributed by atoms with Crippen molar-refractivity contribution in [2.45, 2.75) is 4.90 Å². The van der Waals surface area contributed by atoms with Crippen LogP contribution in [0.15, 0.2) is 108 Å². The zero-order chi connectivity index (χ0) is 25.5. The first-order valence-electron chi connectivity index (χ1n) is 10.9. The minimum absolute atomic E-state index is 0.118. The molecule has 0 fully saturated rings. The molecule has 184 valence electrons. The standard InChI is InChI=1S/C27H23FN2O5S/c1-34-20-15-17-22(18-16-20)36(32,33)30(25-13-7-5-11-23(25)28)19-27(31)29-24-12-6-8-14-26(24)35-21-9-3-2-4-10-21/h2-18H,19H2,1H3,(H,29,31). The van der Waals surface area contributed by atoms with Gasteiger partial charge in [0.15, 0.2) is 5.75 Å². The number of para-hydroxylation sites is 4. The van der Waals surface area contributed by atoms with E-state index < -0.39 is 28.3 Å². The fourth-order valence-electron chi connectivity index (χ4n) is 3.42. The Bertz CT molecular complexity index is 1440. The Morgan fingerprint density at radius 1 is 0.833 bits per heavy atom. The third kappa shape index (κ3) is 5.64. The maximum Gasteiger partial charge on any atom is 0.264 e. The minimum Gasteiger partial charge on any atom is -0.497 e. The molecule has 0 bridgehead atoms. The van der Waals surface area contributed by atoms with Gasteiger partial charge in [0.1, 0.15) is 23.9 Å². The minimum atomic E-state index is -4.30. The first kappa shape index (κ1) is 24.7. The fourth-order valence-corrected chi connectivity index (χ4v) is 4.85. The van der Waals surface area contributed by atoms with Gasteiger partial charge in [-0.05, 0) is 60.7 Å². The van der Waals surface area contributed by atoms with Gasteiger partial charge in [0.2, 0.25) is 5.91 Å². The van der Waals surface area contributed by atoms with Crippen molar-refractivity contribution in [3.05, 3.63) is 109 Å². The van der Waals surface area contributed by atoms with E-state index in [4.69, 9.17) is 9.47 Å². The van der Waals surface area contributed by atoms with Crippen molar-refractivity contribution in [2.75, 3.05) is 23.3 Å². The van der Waals surface area contributed by atoms with Gasteiger partial charge in [-0.1, -0.05) is 42.5 Å². The summed E-state index contributed by atoms with van der Waals surface area (Å²) in [5.41, 5.74) is 0.0824. The van der Waals surface area contributed by atoms with Crippen LogP contribution < -0.4 is 19.1 Å². The number of nitrogens with zero attached hydrogens (tertiary/aromatic N) is 1. The molecule has 0 aliphatic rings. The monoisotopic (exact) mass is 506 g/mol. The molecule has 4 aromatic carbocycles. The summed E-state index contributed by atoms with van der Waals surface area (Å²) in [5.74, 6) is -0.0735. The van der Waals surface area contributed by atoms with Gasteiger partial charge in [0, 0.05) is 0 Å². The van der Waals surface area contributed by atoms with Crippen molar-refractivity contribution in [3.8, 4) is 17.2 Å². The van der Waals surface area contributed by atoms with Crippen LogP contribution in [0.5, 0.6) is 17.2 Å². The molecule has 0 aromatic heterocycles. The van der Waals surface area contributed by atoms with Crippen molar-refractivity contribution < 1.29 is 27.1 Å². The highest BCUT2D eigenvalue weighted by Gasteiger charge is 2.29. The summed E-state index contributed by atoms with van der Waals surface area (Å²) < 4.78 is 53.4. The highest BCUT2D eigenvalue weighted by Crippen LogP contribution is 2.30. The molecule has 0 saturated carbocycles. The number of halogens is 1. The number of methoxy groups -OCH3 is 1. The largest absolute Gasteiger partial charge is 0.497 e. The molecule has 7 nitrogen and oxygen atoms in total. The van der Waals surface area contributed by atoms with E-state index >= 15 is 0 Å². The van der Waals surface area contributed by atoms with E-state index in [9.17, 15) is 17.6 Å². The smallest absolute Gasteiger partial charge is 0.264 e. The molecule has 9 heteroatoms. The number of ether oxygens (including phenoxy) is 2. The molecule has 4 rings (SSSR count). The van der Waals surface area contributed by atoms with Crippen LogP contribution in [-0.2, 0) is 14.8 Å². The van der Waals surface area contributed by atoms with Crippen LogP contribution in [0.2, 0.25) is 0 Å². The SMILES string of the molecule is COc1ccc(S(=O)(=O)N(CC(=O)Nc2ccccc2Oc2ccccc2)c2ccccc2F)cc1. The van der Waals surface area contributed by atoms with Gasteiger partial charge < -0.3 is 14.8 Å². The van der Waals surface area contributed by atoms with Crippen LogP contribution in [0.25, 0.3) is 0 Å². The third-order valence-electron chi connectivity index (χ3n) is 5.19. The van der Waals surface area contributed by atoms with Crippen molar-refractivity contribution in [3.63, 3.8) is 0 Å². The van der Waals surface area contributed by atoms with Gasteiger partial charge in [-0.15, -0.1) is 0 Å². The molecule has 0 spiro atoms. The van der Waals surface area contributed by atoms with Crippen molar-refractivity contribution in [1.29, 1.82) is 0 Å². The zero-order valence-corrected chi connectivity index (χ0v) is 20.1. The summed E-state index contributed by atoms with van der Waals surface area (Å²) >= 11 is 0. The molecule has 0 aliphatic carbocycles. The topological polar surface area (TPSA) is 84.9 Å². The Morgan fingerprint density at radius 3 is 2.17 bits per heavy atom. The lowest BCUT2D eigenvalue weighted by Gasteiger charge is -2.24. The fraction of sp³-hybridized carbons (Fsp3) is 0.0741. The second-order valence-electron chi connectivity index (χ2n) is 7.60. The second-order valence-corrected chi connectivity index (χ2v) is 9.46. The van der Waals surface area contributed by atoms with Crippen molar-refractivity contribution in [1.82, 2.24) is 0 Å². The van der Waals surface area contributed by atoms with E-state index in [0.29, 0.717) is 22.9 Å². The molecule has 0 heterocycles. The summed E-state index contributed by atoms with van der Waals surface area (Å²) in [7, 11) is -2.84. The Morgan fingerprint density at radius 2 is 1.47 bits per heavy atom. The van der Waals surface area contributed by atoms with Gasteiger partial charge in [-0.25, -0.2) is 12.8 Å². The zero-order valence-electron chi connectivity index (χ0n) is 19.3. The normalized spacial score (nSPS) is 10.9. The number of carbonyl (C=O) groups excluding carboxylic acids is 1. The third-order valence-corrected chi connectivity index (χ3v) is 6.96. The Labute approximate surface area is 208 Å². The summed E-state index contributed by atoms with van der Waals surface area (Å²) in [6.07, 6.45) is 0. The summed E-state index contributed by atoms with van der Waals surface area (Å²) in [6, 6.07) is 26.7. The van der Waals surface area contributed by atoms with E-state index in [0.717, 1.165) is 10.4 Å². The van der Waals surface area contributed by atoms with Crippen LogP contribution in [0.3, 0.4) is 0 Å². The maximum absolute atomic E-state index is 14.7. The first-order chi connectivity index (χ1) is 17.4. The lowest BCUT2D eigenvalue weighted by molar-refractivity contribution is -0.114. The molecular weight excluding hydrogens is 483 g/mol. The Balaban J connectivity index is 1.63. The van der Waals surface area contributed by atoms with E-state index in [-0.39, 0.29) is 10.6 Å². The molecule has 1 N–H and O–H groups in total. The average Bonchev–Trinajstić information content (AvgIpc) is 2.89. The molecular formula is C27H23FN2O5S. The lowest BCUT2D eigenvalue weighted by atomic mass is 10.2. The lowest BCUT2D eigenvalue weighted by Crippen LogP contribution is -2.38. The maximum atomic E-state index is 14.7. The van der Waals surface area contributed by atoms with E-state index in [2.05, 4.69) is 5.32 Å². The molecule has 36 heavy (non-hydrogen) atoms. The molecule has 0 atom stereocenters. The Kier molecular flexibility index (Phi) is 7.50. The highest BCUT2D eigenvalue weighted by molar-refractivity contribution is 7.92. The van der Waals surface area contributed by atoms with Gasteiger partial charge >= 0.3 is 0 Å². The number of anilines is 2. The number of nitrogens with one attached hydrogen (secondary N) is 1. The van der Waals surface area contributed by atoms with Crippen LogP contribution in [0.4, 0.5) is 15.8 Å². The second kappa shape index (κ2) is 10.9. The number of carbonyl (C=O) groups is 1. The van der Waals surface area contributed by atoms with E-state index in [1.165, 1.54) is 49.6 Å². The first-order valence-corrected chi connectivity index (χ1v) is 12.4. The summed E-state index contributed by atoms with van der Waals surface area (Å²) in [4.78, 5) is 13.0. The molecule has 0 saturated heterocycles. The summed E-state index contributed by atoms with van der Waals surface area (Å²) in [5, 5.41) is 2.68. The van der Waals surface area contributed by atoms with Crippen molar-refractivity contribution in [2.24, 2.45) is 0 Å². The van der Waals surface area contributed by atoms with Crippen LogP contribution >= 0.6 is 0 Å². The van der Waals surface area contributed by atoms with Gasteiger partial charge in [0.05, 0.1) is 23.4 Å². The quantitative estimate of drug-likeness (QED) is 0.326. The summed E-state index contributed by atoms with van der Waals surface area (Å²) in [6.45, 7) is -0.672. The van der Waals surface area contributed by atoms with E-state index in [1.54, 1.807) is 36.4 Å². The number of rotatable bonds is 9. The van der Waals surface area contributed by atoms with E-state index in [1.807, 2.05) is 18.2 Å². The molecule has 0 radical (unpaired) electrons. The highest BCUT2D eigenvalue weighted by atomic mass is 32.2. The predicted molar refractivity (Wildman–Crippen MR) is 136 cm³/mol. The number of sulfonamides is 1. The number of hydrogen-bond donors (Lipinski definition) is 1. The number of benzene rings is 4. The van der Waals surface area contributed by atoms with Crippen molar-refractivity contribution >= 4 is 27.3 Å². The number of hydrogen-bond acceptors (Lipinski definition) is 5. The number of amides is 1. The van der Waals surface area contributed by atoms with Gasteiger partial charge in [-0.2, -0.15) is 0 Å². The van der Waals surface area contributed by atoms with Crippen LogP contribution in [0.1, 0.15) is 0 Å². The predicted octanol–water partition coefficient (Wildman–Crippen LogP) is 5.46. The van der Waals surface area contributed by atoms with Crippen LogP contribution in [0, 0.1) is 5.82 Å². The van der Waals surface area contributed by atoms with Crippen LogP contribution in [-0.4, -0.2) is 28.0 Å². The molecule has 0 unspecified atom stereocenters. The average molecular weight is 507 g/mol. The molecule has 1 amide bonds.